The molecule has 3 aromatic rings. The Morgan fingerprint density at radius 3 is 2.41 bits per heavy atom. The van der Waals surface area contributed by atoms with Crippen molar-refractivity contribution in [2.45, 2.75) is 6.17 Å². The molecule has 0 fully saturated rings. The summed E-state index contributed by atoms with van der Waals surface area (Å²) in [6.45, 7) is 0. The average Bonchev–Trinajstić information content (AvgIpc) is 2.70. The lowest BCUT2D eigenvalue weighted by molar-refractivity contribution is 0.0975. The van der Waals surface area contributed by atoms with Gasteiger partial charge in [-0.15, -0.1) is 0 Å². The van der Waals surface area contributed by atoms with Crippen LogP contribution in [0, 0.1) is 0 Å². The van der Waals surface area contributed by atoms with Crippen LogP contribution in [0.1, 0.15) is 22.1 Å². The molecular weight excluding hydrogens is 383 g/mol. The van der Waals surface area contributed by atoms with E-state index < -0.39 is 6.17 Å². The van der Waals surface area contributed by atoms with E-state index in [0.717, 1.165) is 22.7 Å². The molecule has 0 saturated carbocycles. The molecule has 0 saturated heterocycles. The topological polar surface area (TPSA) is 41.6 Å². The van der Waals surface area contributed by atoms with E-state index in [4.69, 9.17) is 27.9 Å². The fourth-order valence-electron chi connectivity index (χ4n) is 3.18. The normalized spacial score (nSPS) is 15.9. The van der Waals surface area contributed by atoms with E-state index in [9.17, 15) is 4.79 Å². The molecule has 1 unspecified atom stereocenters. The number of halogens is 2. The second kappa shape index (κ2) is 7.14. The highest BCUT2D eigenvalue weighted by atomic mass is 35.5. The average molecular weight is 399 g/mol. The highest BCUT2D eigenvalue weighted by molar-refractivity contribution is 6.42. The van der Waals surface area contributed by atoms with Gasteiger partial charge in [-0.1, -0.05) is 41.4 Å². The number of anilines is 2. The lowest BCUT2D eigenvalue weighted by atomic mass is 10.0. The van der Waals surface area contributed by atoms with Gasteiger partial charge in [-0.3, -0.25) is 9.69 Å². The molecule has 1 aliphatic rings. The van der Waals surface area contributed by atoms with E-state index in [1.165, 1.54) is 0 Å². The van der Waals surface area contributed by atoms with Gasteiger partial charge in [0.05, 0.1) is 22.7 Å². The maximum absolute atomic E-state index is 13.3. The van der Waals surface area contributed by atoms with Gasteiger partial charge in [0.2, 0.25) is 0 Å². The molecule has 3 aromatic carbocycles. The van der Waals surface area contributed by atoms with Crippen molar-refractivity contribution in [1.29, 1.82) is 0 Å². The summed E-state index contributed by atoms with van der Waals surface area (Å²) in [6, 6.07) is 20.2. The summed E-state index contributed by atoms with van der Waals surface area (Å²) >= 11 is 12.3. The summed E-state index contributed by atoms with van der Waals surface area (Å²) < 4.78 is 5.23. The van der Waals surface area contributed by atoms with Crippen LogP contribution in [0.15, 0.2) is 66.7 Å². The van der Waals surface area contributed by atoms with Crippen LogP contribution in [0.4, 0.5) is 11.4 Å². The van der Waals surface area contributed by atoms with E-state index >= 15 is 0 Å². The molecule has 27 heavy (non-hydrogen) atoms. The van der Waals surface area contributed by atoms with Gasteiger partial charge < -0.3 is 10.1 Å². The molecule has 0 aliphatic carbocycles. The number of nitrogens with zero attached hydrogens (tertiary/aromatic N) is 1. The molecule has 1 N–H and O–H groups in total. The molecule has 0 radical (unpaired) electrons. The van der Waals surface area contributed by atoms with Gasteiger partial charge in [-0.2, -0.15) is 0 Å². The standard InChI is InChI=1S/C21H16Cl2N2O2/c1-27-15-9-7-14(8-10-15)25-20(13-6-11-17(22)18(23)12-13)24-19-5-3-2-4-16(19)21(25)26/h2-12,20,24H,1H3. The number of methoxy groups -OCH3 is 1. The number of hydrogen-bond acceptors (Lipinski definition) is 3. The maximum Gasteiger partial charge on any atom is 0.262 e. The number of nitrogens with one attached hydrogen (secondary N) is 1. The van der Waals surface area contributed by atoms with Gasteiger partial charge >= 0.3 is 0 Å². The van der Waals surface area contributed by atoms with Gasteiger partial charge in [0.25, 0.3) is 5.91 Å². The van der Waals surface area contributed by atoms with Crippen LogP contribution in [0.25, 0.3) is 0 Å². The first kappa shape index (κ1) is 17.7. The fraction of sp³-hybridized carbons (Fsp3) is 0.0952. The van der Waals surface area contributed by atoms with Crippen LogP contribution < -0.4 is 15.0 Å². The second-order valence-corrected chi connectivity index (χ2v) is 6.95. The highest BCUT2D eigenvalue weighted by Crippen LogP contribution is 2.38. The maximum atomic E-state index is 13.3. The summed E-state index contributed by atoms with van der Waals surface area (Å²) in [5.41, 5.74) is 2.98. The first-order valence-corrected chi connectivity index (χ1v) is 9.12. The van der Waals surface area contributed by atoms with E-state index in [-0.39, 0.29) is 5.91 Å². The molecule has 0 aromatic heterocycles. The quantitative estimate of drug-likeness (QED) is 0.608. The van der Waals surface area contributed by atoms with Gasteiger partial charge in [-0.25, -0.2) is 0 Å². The summed E-state index contributed by atoms with van der Waals surface area (Å²) in [6.07, 6.45) is -0.421. The molecule has 0 spiro atoms. The molecule has 4 rings (SSSR count). The van der Waals surface area contributed by atoms with E-state index in [2.05, 4.69) is 5.32 Å². The molecule has 1 aliphatic heterocycles. The Morgan fingerprint density at radius 2 is 1.70 bits per heavy atom. The van der Waals surface area contributed by atoms with Crippen molar-refractivity contribution in [3.05, 3.63) is 87.9 Å². The Morgan fingerprint density at radius 1 is 0.963 bits per heavy atom. The predicted molar refractivity (Wildman–Crippen MR) is 109 cm³/mol. The Bertz CT molecular complexity index is 1010. The van der Waals surface area contributed by atoms with Crippen LogP contribution in [0.2, 0.25) is 10.0 Å². The third-order valence-electron chi connectivity index (χ3n) is 4.54. The number of ether oxygens (including phenoxy) is 1. The van der Waals surface area contributed by atoms with E-state index in [1.807, 2.05) is 54.6 Å². The van der Waals surface area contributed by atoms with Crippen LogP contribution in [-0.2, 0) is 0 Å². The van der Waals surface area contributed by atoms with Crippen LogP contribution in [0.5, 0.6) is 5.75 Å². The van der Waals surface area contributed by atoms with Crippen LogP contribution in [0.3, 0.4) is 0 Å². The van der Waals surface area contributed by atoms with Crippen molar-refractivity contribution in [2.24, 2.45) is 0 Å². The van der Waals surface area contributed by atoms with Gasteiger partial charge in [0.15, 0.2) is 0 Å². The minimum atomic E-state index is -0.421. The van der Waals surface area contributed by atoms with Crippen molar-refractivity contribution in [1.82, 2.24) is 0 Å². The number of rotatable bonds is 3. The fourth-order valence-corrected chi connectivity index (χ4v) is 3.48. The first-order chi connectivity index (χ1) is 13.1. The summed E-state index contributed by atoms with van der Waals surface area (Å²) in [5.74, 6) is 0.633. The molecule has 1 amide bonds. The Labute approximate surface area is 167 Å². The number of carbonyl (C=O) groups is 1. The zero-order valence-corrected chi connectivity index (χ0v) is 16.0. The summed E-state index contributed by atoms with van der Waals surface area (Å²) in [5, 5.41) is 4.35. The number of benzene rings is 3. The van der Waals surface area contributed by atoms with Crippen molar-refractivity contribution in [3.8, 4) is 5.75 Å². The number of carbonyl (C=O) groups excluding carboxylic acids is 1. The third-order valence-corrected chi connectivity index (χ3v) is 5.28. The molecule has 1 atom stereocenters. The van der Waals surface area contributed by atoms with Crippen molar-refractivity contribution < 1.29 is 9.53 Å². The lowest BCUT2D eigenvalue weighted by Gasteiger charge is -2.38. The predicted octanol–water partition coefficient (Wildman–Crippen LogP) is 5.77. The Hall–Kier alpha value is -2.69. The molecular formula is C21H16Cl2N2O2. The molecule has 136 valence electrons. The van der Waals surface area contributed by atoms with Crippen LogP contribution >= 0.6 is 23.2 Å². The molecule has 1 heterocycles. The Kier molecular flexibility index (Phi) is 4.68. The number of para-hydroxylation sites is 1. The lowest BCUT2D eigenvalue weighted by Crippen LogP contribution is -2.43. The van der Waals surface area contributed by atoms with Crippen molar-refractivity contribution >= 4 is 40.5 Å². The van der Waals surface area contributed by atoms with Gasteiger partial charge in [-0.05, 0) is 54.1 Å². The Balaban J connectivity index is 1.84. The van der Waals surface area contributed by atoms with E-state index in [1.54, 1.807) is 24.1 Å². The number of fused-ring (bicyclic) bond motifs is 1. The van der Waals surface area contributed by atoms with Crippen molar-refractivity contribution in [3.63, 3.8) is 0 Å². The largest absolute Gasteiger partial charge is 0.497 e. The minimum absolute atomic E-state index is 0.0920. The van der Waals surface area contributed by atoms with E-state index in [0.29, 0.717) is 15.6 Å². The third kappa shape index (κ3) is 3.22. The smallest absolute Gasteiger partial charge is 0.262 e. The van der Waals surface area contributed by atoms with Gasteiger partial charge in [0.1, 0.15) is 11.9 Å². The highest BCUT2D eigenvalue weighted by Gasteiger charge is 2.34. The molecule has 6 heteroatoms. The molecule has 0 bridgehead atoms. The van der Waals surface area contributed by atoms with Crippen LogP contribution in [-0.4, -0.2) is 13.0 Å². The SMILES string of the molecule is COc1ccc(N2C(=O)c3ccccc3NC2c2ccc(Cl)c(Cl)c2)cc1. The zero-order valence-electron chi connectivity index (χ0n) is 14.4. The monoisotopic (exact) mass is 398 g/mol. The van der Waals surface area contributed by atoms with Gasteiger partial charge in [0, 0.05) is 11.4 Å². The summed E-state index contributed by atoms with van der Waals surface area (Å²) in [7, 11) is 1.61. The zero-order chi connectivity index (χ0) is 19.0. The minimum Gasteiger partial charge on any atom is -0.497 e. The number of hydrogen-bond donors (Lipinski definition) is 1. The number of amides is 1. The first-order valence-electron chi connectivity index (χ1n) is 8.36. The second-order valence-electron chi connectivity index (χ2n) is 6.14. The molecule has 4 nitrogen and oxygen atoms in total. The van der Waals surface area contributed by atoms with Crippen molar-refractivity contribution in [2.75, 3.05) is 17.3 Å². The summed E-state index contributed by atoms with van der Waals surface area (Å²) in [4.78, 5) is 15.0.